The average molecular weight is 338 g/mol. The highest BCUT2D eigenvalue weighted by Gasteiger charge is 2.52. The lowest BCUT2D eigenvalue weighted by molar-refractivity contribution is -0.198. The van der Waals surface area contributed by atoms with Gasteiger partial charge in [-0.1, -0.05) is 6.92 Å². The minimum absolute atomic E-state index is 0.213. The van der Waals surface area contributed by atoms with E-state index >= 15 is 0 Å². The maximum atomic E-state index is 12.1. The first-order chi connectivity index (χ1) is 11.1. The quantitative estimate of drug-likeness (QED) is 0.790. The second kappa shape index (κ2) is 6.17. The fourth-order valence-electron chi connectivity index (χ4n) is 4.34. The van der Waals surface area contributed by atoms with Crippen molar-refractivity contribution >= 4 is 6.09 Å². The van der Waals surface area contributed by atoms with Crippen LogP contribution >= 0.6 is 0 Å². The Morgan fingerprint density at radius 2 is 2.00 bits per heavy atom. The van der Waals surface area contributed by atoms with Crippen LogP contribution in [-0.4, -0.2) is 67.4 Å². The van der Waals surface area contributed by atoms with E-state index in [0.29, 0.717) is 10.8 Å². The molecule has 1 spiro atoms. The van der Waals surface area contributed by atoms with E-state index in [9.17, 15) is 4.79 Å². The number of hydrogen-bond donors (Lipinski definition) is 0. The number of nitrogens with zero attached hydrogens (tertiary/aromatic N) is 2. The van der Waals surface area contributed by atoms with Gasteiger partial charge in [0.25, 0.3) is 0 Å². The summed E-state index contributed by atoms with van der Waals surface area (Å²) in [7, 11) is 1.85. The molecule has 2 heterocycles. The Balaban J connectivity index is 1.41. The zero-order valence-corrected chi connectivity index (χ0v) is 16.1. The van der Waals surface area contributed by atoms with Crippen molar-refractivity contribution in [3.63, 3.8) is 0 Å². The third kappa shape index (κ3) is 3.88. The number of likely N-dealkylation sites (tertiary alicyclic amines) is 1. The van der Waals surface area contributed by atoms with E-state index in [0.717, 1.165) is 32.2 Å². The van der Waals surface area contributed by atoms with Gasteiger partial charge in [-0.15, -0.1) is 0 Å². The summed E-state index contributed by atoms with van der Waals surface area (Å²) in [4.78, 5) is 16.5. The molecule has 1 aliphatic carbocycles. The topological polar surface area (TPSA) is 42.0 Å². The summed E-state index contributed by atoms with van der Waals surface area (Å²) in [5, 5.41) is 0. The van der Waals surface area contributed by atoms with Gasteiger partial charge in [0, 0.05) is 38.1 Å². The van der Waals surface area contributed by atoms with E-state index in [1.54, 1.807) is 4.90 Å². The van der Waals surface area contributed by atoms with Crippen LogP contribution in [0.2, 0.25) is 0 Å². The lowest BCUT2D eigenvalue weighted by atomic mass is 9.76. The van der Waals surface area contributed by atoms with Gasteiger partial charge in [0.1, 0.15) is 5.60 Å². The van der Waals surface area contributed by atoms with Crippen LogP contribution < -0.4 is 0 Å². The van der Waals surface area contributed by atoms with Crippen molar-refractivity contribution in [2.75, 3.05) is 39.9 Å². The van der Waals surface area contributed by atoms with Gasteiger partial charge in [0.15, 0.2) is 0 Å². The highest BCUT2D eigenvalue weighted by Crippen LogP contribution is 2.47. The standard InChI is InChI=1S/C19H34N2O3/c1-17(2,3)24-16(22)20(5)9-8-18(4)7-6-15(10-18)21-11-19(12-21)13-23-14-19/h15H,6-14H2,1-5H3. The third-order valence-corrected chi connectivity index (χ3v) is 5.98. The molecule has 3 rings (SSSR count). The monoisotopic (exact) mass is 338 g/mol. The predicted octanol–water partition coefficient (Wildman–Crippen LogP) is 3.13. The van der Waals surface area contributed by atoms with Crippen molar-refractivity contribution in [2.24, 2.45) is 10.8 Å². The minimum atomic E-state index is -0.424. The Kier molecular flexibility index (Phi) is 4.63. The number of amides is 1. The smallest absolute Gasteiger partial charge is 0.410 e. The Morgan fingerprint density at radius 3 is 2.54 bits per heavy atom. The molecule has 1 saturated carbocycles. The van der Waals surface area contributed by atoms with Crippen LogP contribution in [0.3, 0.4) is 0 Å². The summed E-state index contributed by atoms with van der Waals surface area (Å²) >= 11 is 0. The molecule has 3 fully saturated rings. The molecule has 2 unspecified atom stereocenters. The average Bonchev–Trinajstić information content (AvgIpc) is 2.74. The van der Waals surface area contributed by atoms with E-state index in [-0.39, 0.29) is 6.09 Å². The molecule has 3 aliphatic rings. The molecule has 2 saturated heterocycles. The maximum absolute atomic E-state index is 12.1. The molecule has 138 valence electrons. The van der Waals surface area contributed by atoms with Crippen LogP contribution in [-0.2, 0) is 9.47 Å². The predicted molar refractivity (Wildman–Crippen MR) is 94.1 cm³/mol. The molecular formula is C19H34N2O3. The summed E-state index contributed by atoms with van der Waals surface area (Å²) in [6.07, 6.45) is 4.66. The van der Waals surface area contributed by atoms with Crippen LogP contribution in [0.1, 0.15) is 53.4 Å². The zero-order valence-electron chi connectivity index (χ0n) is 16.1. The van der Waals surface area contributed by atoms with Gasteiger partial charge >= 0.3 is 6.09 Å². The Labute approximate surface area is 146 Å². The molecule has 5 heteroatoms. The fourth-order valence-corrected chi connectivity index (χ4v) is 4.34. The van der Waals surface area contributed by atoms with Gasteiger partial charge in [0.05, 0.1) is 13.2 Å². The summed E-state index contributed by atoms with van der Waals surface area (Å²) in [5.74, 6) is 0. The third-order valence-electron chi connectivity index (χ3n) is 5.98. The molecule has 24 heavy (non-hydrogen) atoms. The van der Waals surface area contributed by atoms with Crippen molar-refractivity contribution in [1.82, 2.24) is 9.80 Å². The summed E-state index contributed by atoms with van der Waals surface area (Å²) in [6.45, 7) is 13.3. The Hall–Kier alpha value is -0.810. The highest BCUT2D eigenvalue weighted by atomic mass is 16.6. The van der Waals surface area contributed by atoms with Crippen LogP contribution in [0, 0.1) is 10.8 Å². The number of rotatable bonds is 4. The molecule has 0 bridgehead atoms. The van der Waals surface area contributed by atoms with E-state index in [1.807, 2.05) is 27.8 Å². The first-order valence-electron chi connectivity index (χ1n) is 9.36. The lowest BCUT2D eigenvalue weighted by Crippen LogP contribution is -2.67. The summed E-state index contributed by atoms with van der Waals surface area (Å²) < 4.78 is 10.8. The molecular weight excluding hydrogens is 304 g/mol. The normalized spacial score (nSPS) is 32.3. The van der Waals surface area contributed by atoms with E-state index in [4.69, 9.17) is 9.47 Å². The van der Waals surface area contributed by atoms with Crippen molar-refractivity contribution in [3.8, 4) is 0 Å². The number of ether oxygens (including phenoxy) is 2. The lowest BCUT2D eigenvalue weighted by Gasteiger charge is -2.57. The van der Waals surface area contributed by atoms with Crippen molar-refractivity contribution in [3.05, 3.63) is 0 Å². The molecule has 0 radical (unpaired) electrons. The first-order valence-corrected chi connectivity index (χ1v) is 9.36. The van der Waals surface area contributed by atoms with Crippen molar-refractivity contribution in [2.45, 2.75) is 65.0 Å². The van der Waals surface area contributed by atoms with Crippen LogP contribution in [0.15, 0.2) is 0 Å². The molecule has 2 atom stereocenters. The van der Waals surface area contributed by atoms with Gasteiger partial charge in [-0.05, 0) is 51.9 Å². The van der Waals surface area contributed by atoms with Gasteiger partial charge in [-0.2, -0.15) is 0 Å². The second-order valence-corrected chi connectivity index (χ2v) is 9.76. The molecule has 2 aliphatic heterocycles. The first kappa shape index (κ1) is 18.0. The number of carbonyl (C=O) groups is 1. The summed E-state index contributed by atoms with van der Waals surface area (Å²) in [6, 6.07) is 0.730. The van der Waals surface area contributed by atoms with Crippen molar-refractivity contribution in [1.29, 1.82) is 0 Å². The number of hydrogen-bond acceptors (Lipinski definition) is 4. The molecule has 0 aromatic carbocycles. The molecule has 5 nitrogen and oxygen atoms in total. The van der Waals surface area contributed by atoms with Crippen LogP contribution in [0.4, 0.5) is 4.79 Å². The highest BCUT2D eigenvalue weighted by molar-refractivity contribution is 5.67. The van der Waals surface area contributed by atoms with Crippen LogP contribution in [0.25, 0.3) is 0 Å². The number of carbonyl (C=O) groups excluding carboxylic acids is 1. The van der Waals surface area contributed by atoms with Gasteiger partial charge in [-0.3, -0.25) is 4.90 Å². The largest absolute Gasteiger partial charge is 0.444 e. The summed E-state index contributed by atoms with van der Waals surface area (Å²) in [5.41, 5.74) is 0.433. The maximum Gasteiger partial charge on any atom is 0.410 e. The molecule has 0 aromatic heterocycles. The Bertz CT molecular complexity index is 475. The van der Waals surface area contributed by atoms with Crippen molar-refractivity contribution < 1.29 is 14.3 Å². The van der Waals surface area contributed by atoms with Gasteiger partial charge < -0.3 is 14.4 Å². The van der Waals surface area contributed by atoms with Crippen LogP contribution in [0.5, 0.6) is 0 Å². The SMILES string of the molecule is CN(CCC1(C)CCC(N2CC3(COC3)C2)C1)C(=O)OC(C)(C)C. The molecule has 0 aromatic rings. The van der Waals surface area contributed by atoms with Gasteiger partial charge in [0.2, 0.25) is 0 Å². The second-order valence-electron chi connectivity index (χ2n) is 9.76. The molecule has 0 N–H and O–H groups in total. The van der Waals surface area contributed by atoms with E-state index in [2.05, 4.69) is 11.8 Å². The van der Waals surface area contributed by atoms with E-state index < -0.39 is 5.60 Å². The van der Waals surface area contributed by atoms with Gasteiger partial charge in [-0.25, -0.2) is 4.79 Å². The minimum Gasteiger partial charge on any atom is -0.444 e. The zero-order chi connectivity index (χ0) is 17.6. The van der Waals surface area contributed by atoms with E-state index in [1.165, 1.54) is 32.4 Å². The Morgan fingerprint density at radius 1 is 1.33 bits per heavy atom. The fraction of sp³-hybridized carbons (Fsp3) is 0.947. The molecule has 1 amide bonds.